The second kappa shape index (κ2) is 12.8. The maximum Gasteiger partial charge on any atom is 0.191 e. The lowest BCUT2D eigenvalue weighted by molar-refractivity contribution is 0.155. The van der Waals surface area contributed by atoms with Gasteiger partial charge in [-0.15, -0.1) is 0 Å². The summed E-state index contributed by atoms with van der Waals surface area (Å²) < 4.78 is 16.9. The van der Waals surface area contributed by atoms with E-state index in [1.165, 1.54) is 12.8 Å². The lowest BCUT2D eigenvalue weighted by Gasteiger charge is -2.33. The Morgan fingerprint density at radius 1 is 1.13 bits per heavy atom. The van der Waals surface area contributed by atoms with Gasteiger partial charge in [-0.3, -0.25) is 4.99 Å². The molecule has 7 heteroatoms. The molecule has 1 aromatic carbocycles. The summed E-state index contributed by atoms with van der Waals surface area (Å²) in [6.45, 7) is 4.87. The van der Waals surface area contributed by atoms with E-state index in [1.807, 2.05) is 19.2 Å². The van der Waals surface area contributed by atoms with Gasteiger partial charge in [0.2, 0.25) is 0 Å². The van der Waals surface area contributed by atoms with Crippen molar-refractivity contribution in [3.05, 3.63) is 23.8 Å². The topological polar surface area (TPSA) is 67.4 Å². The third-order valence-electron chi connectivity index (χ3n) is 6.29. The highest BCUT2D eigenvalue weighted by Gasteiger charge is 2.21. The Balaban J connectivity index is 1.49. The van der Waals surface area contributed by atoms with Crippen LogP contribution in [-0.2, 0) is 11.3 Å². The smallest absolute Gasteiger partial charge is 0.191 e. The quantitative estimate of drug-likeness (QED) is 0.336. The van der Waals surface area contributed by atoms with Gasteiger partial charge in [0.15, 0.2) is 5.96 Å². The summed E-state index contributed by atoms with van der Waals surface area (Å²) in [5.41, 5.74) is 1.13. The van der Waals surface area contributed by atoms with Crippen LogP contribution in [0.4, 0.5) is 0 Å². The van der Waals surface area contributed by atoms with Gasteiger partial charge < -0.3 is 29.7 Å². The van der Waals surface area contributed by atoms with Crippen LogP contribution in [0, 0.1) is 0 Å². The number of likely N-dealkylation sites (tertiary alicyclic amines) is 1. The Bertz CT molecular complexity index is 683. The molecule has 1 saturated heterocycles. The molecule has 1 aliphatic heterocycles. The lowest BCUT2D eigenvalue weighted by atomic mass is 10.1. The molecule has 0 spiro atoms. The fourth-order valence-electron chi connectivity index (χ4n) is 4.40. The molecule has 1 aliphatic carbocycles. The number of methoxy groups -OCH3 is 2. The number of hydrogen-bond acceptors (Lipinski definition) is 5. The van der Waals surface area contributed by atoms with E-state index in [1.54, 1.807) is 14.2 Å². The lowest BCUT2D eigenvalue weighted by Crippen LogP contribution is -2.48. The maximum atomic E-state index is 6.32. The van der Waals surface area contributed by atoms with Crippen LogP contribution in [0.25, 0.3) is 0 Å². The molecule has 1 heterocycles. The van der Waals surface area contributed by atoms with Gasteiger partial charge in [-0.1, -0.05) is 0 Å². The van der Waals surface area contributed by atoms with Crippen molar-refractivity contribution in [1.82, 2.24) is 15.5 Å². The summed E-state index contributed by atoms with van der Waals surface area (Å²) >= 11 is 0. The first-order valence-corrected chi connectivity index (χ1v) is 11.7. The van der Waals surface area contributed by atoms with Crippen molar-refractivity contribution in [1.29, 1.82) is 0 Å². The van der Waals surface area contributed by atoms with Gasteiger partial charge in [0.05, 0.1) is 13.2 Å². The van der Waals surface area contributed by atoms with Crippen LogP contribution in [0.2, 0.25) is 0 Å². The number of ether oxygens (including phenoxy) is 3. The zero-order chi connectivity index (χ0) is 21.9. The van der Waals surface area contributed by atoms with Crippen molar-refractivity contribution >= 4 is 5.96 Å². The Morgan fingerprint density at radius 2 is 1.90 bits per heavy atom. The summed E-state index contributed by atoms with van der Waals surface area (Å²) in [5.74, 6) is 2.59. The van der Waals surface area contributed by atoms with Crippen molar-refractivity contribution in [2.45, 2.75) is 63.6 Å². The number of hydrogen-bond donors (Lipinski definition) is 2. The molecule has 2 aliphatic rings. The molecule has 1 saturated carbocycles. The van der Waals surface area contributed by atoms with Crippen LogP contribution in [0.1, 0.15) is 50.5 Å². The van der Waals surface area contributed by atoms with Crippen molar-refractivity contribution < 1.29 is 14.2 Å². The summed E-state index contributed by atoms with van der Waals surface area (Å²) in [5, 5.41) is 7.08. The molecule has 31 heavy (non-hydrogen) atoms. The zero-order valence-electron chi connectivity index (χ0n) is 19.5. The van der Waals surface area contributed by atoms with E-state index >= 15 is 0 Å². The SMILES string of the molecule is CN=C(NCc1ccc(OC)cc1OC1CCCC1)NC1CCN(CCCOC)CC1. The summed E-state index contributed by atoms with van der Waals surface area (Å²) in [6.07, 6.45) is 8.46. The van der Waals surface area contributed by atoms with Crippen molar-refractivity contribution in [2.75, 3.05) is 47.5 Å². The number of rotatable bonds is 10. The van der Waals surface area contributed by atoms with Gasteiger partial charge in [-0.25, -0.2) is 0 Å². The Morgan fingerprint density at radius 3 is 2.58 bits per heavy atom. The molecule has 0 unspecified atom stereocenters. The van der Waals surface area contributed by atoms with E-state index in [9.17, 15) is 0 Å². The van der Waals surface area contributed by atoms with E-state index in [2.05, 4.69) is 26.6 Å². The summed E-state index contributed by atoms with van der Waals surface area (Å²) in [6, 6.07) is 6.54. The molecule has 0 aromatic heterocycles. The van der Waals surface area contributed by atoms with Crippen LogP contribution < -0.4 is 20.1 Å². The Labute approximate surface area is 187 Å². The largest absolute Gasteiger partial charge is 0.497 e. The molecular formula is C24H40N4O3. The van der Waals surface area contributed by atoms with Crippen LogP contribution in [0.3, 0.4) is 0 Å². The first kappa shape index (κ1) is 23.7. The van der Waals surface area contributed by atoms with Gasteiger partial charge in [0.1, 0.15) is 11.5 Å². The van der Waals surface area contributed by atoms with E-state index in [0.717, 1.165) is 81.4 Å². The standard InChI is InChI=1S/C24H40N4O3/c1-25-24(27-20-11-14-28(15-12-20)13-6-16-29-2)26-18-19-9-10-22(30-3)17-23(19)31-21-7-4-5-8-21/h9-10,17,20-21H,4-8,11-16,18H2,1-3H3,(H2,25,26,27). The van der Waals surface area contributed by atoms with Crippen LogP contribution in [0.15, 0.2) is 23.2 Å². The highest BCUT2D eigenvalue weighted by atomic mass is 16.5. The predicted molar refractivity (Wildman–Crippen MR) is 125 cm³/mol. The zero-order valence-corrected chi connectivity index (χ0v) is 19.5. The minimum atomic E-state index is 0.317. The molecule has 2 N–H and O–H groups in total. The van der Waals surface area contributed by atoms with Gasteiger partial charge in [-0.2, -0.15) is 0 Å². The minimum Gasteiger partial charge on any atom is -0.497 e. The van der Waals surface area contributed by atoms with E-state index in [-0.39, 0.29) is 0 Å². The predicted octanol–water partition coefficient (Wildman–Crippen LogP) is 3.18. The molecule has 7 nitrogen and oxygen atoms in total. The van der Waals surface area contributed by atoms with Crippen LogP contribution >= 0.6 is 0 Å². The average molecular weight is 433 g/mol. The van der Waals surface area contributed by atoms with Crippen LogP contribution in [0.5, 0.6) is 11.5 Å². The van der Waals surface area contributed by atoms with Gasteiger partial charge >= 0.3 is 0 Å². The number of aliphatic imine (C=N–C) groups is 1. The highest BCUT2D eigenvalue weighted by Crippen LogP contribution is 2.30. The molecular weight excluding hydrogens is 392 g/mol. The first-order chi connectivity index (χ1) is 15.2. The second-order valence-corrected chi connectivity index (χ2v) is 8.53. The minimum absolute atomic E-state index is 0.317. The van der Waals surface area contributed by atoms with Crippen molar-refractivity contribution in [2.24, 2.45) is 4.99 Å². The summed E-state index contributed by atoms with van der Waals surface area (Å²) in [4.78, 5) is 6.97. The molecule has 0 amide bonds. The number of benzene rings is 1. The van der Waals surface area contributed by atoms with Gasteiger partial charge in [0, 0.05) is 64.6 Å². The number of guanidine groups is 1. The fraction of sp³-hybridized carbons (Fsp3) is 0.708. The van der Waals surface area contributed by atoms with E-state index in [4.69, 9.17) is 14.2 Å². The third-order valence-corrected chi connectivity index (χ3v) is 6.29. The Hall–Kier alpha value is -1.99. The molecule has 2 fully saturated rings. The van der Waals surface area contributed by atoms with Crippen molar-refractivity contribution in [3.8, 4) is 11.5 Å². The molecule has 0 atom stereocenters. The Kier molecular flexibility index (Phi) is 9.75. The molecule has 1 aromatic rings. The number of nitrogens with one attached hydrogen (secondary N) is 2. The first-order valence-electron chi connectivity index (χ1n) is 11.7. The number of nitrogens with zero attached hydrogens (tertiary/aromatic N) is 2. The fourth-order valence-corrected chi connectivity index (χ4v) is 4.40. The normalized spacial score (nSPS) is 18.9. The van der Waals surface area contributed by atoms with Gasteiger partial charge in [0.25, 0.3) is 0 Å². The van der Waals surface area contributed by atoms with Crippen molar-refractivity contribution in [3.63, 3.8) is 0 Å². The summed E-state index contributed by atoms with van der Waals surface area (Å²) in [7, 11) is 5.30. The number of piperidine rings is 1. The monoisotopic (exact) mass is 432 g/mol. The molecule has 0 bridgehead atoms. The van der Waals surface area contributed by atoms with Gasteiger partial charge in [-0.05, 0) is 57.1 Å². The van der Waals surface area contributed by atoms with E-state index < -0.39 is 0 Å². The van der Waals surface area contributed by atoms with E-state index in [0.29, 0.717) is 18.7 Å². The maximum absolute atomic E-state index is 6.32. The molecule has 3 rings (SSSR count). The highest BCUT2D eigenvalue weighted by molar-refractivity contribution is 5.80. The third kappa shape index (κ3) is 7.58. The second-order valence-electron chi connectivity index (χ2n) is 8.53. The van der Waals surface area contributed by atoms with Crippen LogP contribution in [-0.4, -0.2) is 70.5 Å². The molecule has 0 radical (unpaired) electrons. The molecule has 174 valence electrons. The average Bonchev–Trinajstić information content (AvgIpc) is 3.31.